The summed E-state index contributed by atoms with van der Waals surface area (Å²) in [7, 11) is 0. The summed E-state index contributed by atoms with van der Waals surface area (Å²) >= 11 is 4.28. The van der Waals surface area contributed by atoms with Crippen molar-refractivity contribution in [3.05, 3.63) is 35.9 Å². The van der Waals surface area contributed by atoms with Crippen molar-refractivity contribution in [2.45, 2.75) is 18.6 Å². The molecule has 0 aliphatic rings. The van der Waals surface area contributed by atoms with Crippen molar-refractivity contribution in [2.24, 2.45) is 0 Å². The van der Waals surface area contributed by atoms with Crippen molar-refractivity contribution in [1.82, 2.24) is 10.6 Å². The van der Waals surface area contributed by atoms with Crippen LogP contribution in [0.1, 0.15) is 12.5 Å². The molecule has 98 valence electrons. The third kappa shape index (κ3) is 5.72. The van der Waals surface area contributed by atoms with Gasteiger partial charge in [0.1, 0.15) is 0 Å². The van der Waals surface area contributed by atoms with E-state index in [9.17, 15) is 9.59 Å². The fraction of sp³-hybridized carbons (Fsp3) is 0.385. The van der Waals surface area contributed by atoms with Crippen LogP contribution in [0.3, 0.4) is 0 Å². The number of hydrogen-bond donors (Lipinski definition) is 3. The van der Waals surface area contributed by atoms with Crippen LogP contribution >= 0.6 is 12.6 Å². The first-order valence-electron chi connectivity index (χ1n) is 5.83. The number of nitrogens with one attached hydrogen (secondary N) is 2. The van der Waals surface area contributed by atoms with Gasteiger partial charge in [-0.2, -0.15) is 12.6 Å². The van der Waals surface area contributed by atoms with E-state index in [2.05, 4.69) is 23.3 Å². The summed E-state index contributed by atoms with van der Waals surface area (Å²) in [6.45, 7) is 2.30. The van der Waals surface area contributed by atoms with E-state index in [0.717, 1.165) is 5.56 Å². The molecule has 18 heavy (non-hydrogen) atoms. The Hall–Kier alpha value is -1.49. The predicted molar refractivity (Wildman–Crippen MR) is 74.6 cm³/mol. The molecule has 1 aromatic carbocycles. The van der Waals surface area contributed by atoms with Crippen LogP contribution < -0.4 is 10.6 Å². The molecule has 5 heteroatoms. The summed E-state index contributed by atoms with van der Waals surface area (Å²) < 4.78 is 0. The van der Waals surface area contributed by atoms with Gasteiger partial charge in [-0.05, 0) is 12.0 Å². The topological polar surface area (TPSA) is 58.2 Å². The molecule has 0 heterocycles. The minimum atomic E-state index is -0.371. The maximum Gasteiger partial charge on any atom is 0.233 e. The lowest BCUT2D eigenvalue weighted by atomic mass is 10.1. The van der Waals surface area contributed by atoms with Gasteiger partial charge in [-0.15, -0.1) is 0 Å². The molecule has 4 nitrogen and oxygen atoms in total. The molecule has 2 N–H and O–H groups in total. The highest BCUT2D eigenvalue weighted by Crippen LogP contribution is 2.07. The van der Waals surface area contributed by atoms with E-state index < -0.39 is 0 Å². The second-order valence-electron chi connectivity index (χ2n) is 3.98. The molecule has 0 radical (unpaired) electrons. The quantitative estimate of drug-likeness (QED) is 0.526. The average Bonchev–Trinajstić information content (AvgIpc) is 2.35. The molecule has 2 amide bonds. The lowest BCUT2D eigenvalue weighted by Crippen LogP contribution is -2.38. The Morgan fingerprint density at radius 3 is 2.39 bits per heavy atom. The van der Waals surface area contributed by atoms with Crippen molar-refractivity contribution in [2.75, 3.05) is 13.1 Å². The average molecular weight is 266 g/mol. The van der Waals surface area contributed by atoms with E-state index in [0.29, 0.717) is 19.5 Å². The second-order valence-corrected chi connectivity index (χ2v) is 4.60. The molecule has 1 unspecified atom stereocenters. The zero-order chi connectivity index (χ0) is 13.4. The van der Waals surface area contributed by atoms with Crippen LogP contribution in [0.4, 0.5) is 0 Å². The van der Waals surface area contributed by atoms with Gasteiger partial charge in [-0.1, -0.05) is 30.3 Å². The summed E-state index contributed by atoms with van der Waals surface area (Å²) in [6.07, 6.45) is 0.593. The Kier molecular flexibility index (Phi) is 6.28. The third-order valence-electron chi connectivity index (χ3n) is 2.37. The lowest BCUT2D eigenvalue weighted by molar-refractivity contribution is -0.121. The predicted octanol–water partition coefficient (Wildman–Crippen LogP) is 0.780. The fourth-order valence-electron chi connectivity index (χ4n) is 1.47. The van der Waals surface area contributed by atoms with Crippen LogP contribution in [-0.4, -0.2) is 30.2 Å². The highest BCUT2D eigenvalue weighted by atomic mass is 32.1. The number of thiol groups is 1. The molecule has 0 spiro atoms. The normalized spacial score (nSPS) is 11.7. The van der Waals surface area contributed by atoms with Gasteiger partial charge in [0.2, 0.25) is 11.8 Å². The van der Waals surface area contributed by atoms with Crippen molar-refractivity contribution >= 4 is 24.4 Å². The van der Waals surface area contributed by atoms with Gasteiger partial charge in [0.15, 0.2) is 0 Å². The first-order chi connectivity index (χ1) is 8.59. The molecule has 0 saturated heterocycles. The van der Waals surface area contributed by atoms with Crippen LogP contribution in [0.25, 0.3) is 0 Å². The SMILES string of the molecule is CC(=O)NCCNC(=O)C(S)Cc1ccccc1. The Morgan fingerprint density at radius 2 is 1.78 bits per heavy atom. The van der Waals surface area contributed by atoms with Crippen molar-refractivity contribution in [3.63, 3.8) is 0 Å². The molecule has 0 aliphatic heterocycles. The Morgan fingerprint density at radius 1 is 1.17 bits per heavy atom. The molecule has 0 bridgehead atoms. The zero-order valence-electron chi connectivity index (χ0n) is 10.3. The molecule has 1 aromatic rings. The number of hydrogen-bond acceptors (Lipinski definition) is 3. The zero-order valence-corrected chi connectivity index (χ0v) is 11.2. The van der Waals surface area contributed by atoms with Crippen LogP contribution in [0.2, 0.25) is 0 Å². The minimum Gasteiger partial charge on any atom is -0.355 e. The van der Waals surface area contributed by atoms with Gasteiger partial charge in [0.25, 0.3) is 0 Å². The lowest BCUT2D eigenvalue weighted by Gasteiger charge is -2.11. The molecular formula is C13H18N2O2S. The molecule has 0 aliphatic carbocycles. The van der Waals surface area contributed by atoms with Crippen LogP contribution in [-0.2, 0) is 16.0 Å². The van der Waals surface area contributed by atoms with E-state index in [-0.39, 0.29) is 17.1 Å². The molecule has 1 atom stereocenters. The van der Waals surface area contributed by atoms with Gasteiger partial charge in [-0.3, -0.25) is 9.59 Å². The van der Waals surface area contributed by atoms with E-state index in [4.69, 9.17) is 0 Å². The Balaban J connectivity index is 2.27. The number of benzene rings is 1. The number of carbonyl (C=O) groups excluding carboxylic acids is 2. The van der Waals surface area contributed by atoms with E-state index >= 15 is 0 Å². The first-order valence-corrected chi connectivity index (χ1v) is 6.35. The van der Waals surface area contributed by atoms with Gasteiger partial charge >= 0.3 is 0 Å². The Bertz CT molecular complexity index is 395. The van der Waals surface area contributed by atoms with Gasteiger partial charge in [0, 0.05) is 20.0 Å². The Labute approximate surface area is 113 Å². The van der Waals surface area contributed by atoms with Crippen LogP contribution in [0.5, 0.6) is 0 Å². The van der Waals surface area contributed by atoms with Crippen molar-refractivity contribution < 1.29 is 9.59 Å². The molecule has 1 rings (SSSR count). The minimum absolute atomic E-state index is 0.101. The third-order valence-corrected chi connectivity index (χ3v) is 2.79. The summed E-state index contributed by atoms with van der Waals surface area (Å²) in [6, 6.07) is 9.74. The van der Waals surface area contributed by atoms with Crippen LogP contribution in [0.15, 0.2) is 30.3 Å². The second kappa shape index (κ2) is 7.76. The maximum absolute atomic E-state index is 11.7. The van der Waals surface area contributed by atoms with Crippen LogP contribution in [0, 0.1) is 0 Å². The van der Waals surface area contributed by atoms with Crippen molar-refractivity contribution in [3.8, 4) is 0 Å². The number of rotatable bonds is 6. The highest BCUT2D eigenvalue weighted by molar-refractivity contribution is 7.81. The van der Waals surface area contributed by atoms with Gasteiger partial charge < -0.3 is 10.6 Å². The molecule has 0 fully saturated rings. The number of carbonyl (C=O) groups is 2. The monoisotopic (exact) mass is 266 g/mol. The molecular weight excluding hydrogens is 248 g/mol. The van der Waals surface area contributed by atoms with Gasteiger partial charge in [0.05, 0.1) is 5.25 Å². The highest BCUT2D eigenvalue weighted by Gasteiger charge is 2.13. The smallest absolute Gasteiger partial charge is 0.233 e. The first kappa shape index (κ1) is 14.6. The van der Waals surface area contributed by atoms with E-state index in [1.165, 1.54) is 6.92 Å². The van der Waals surface area contributed by atoms with E-state index in [1.807, 2.05) is 30.3 Å². The van der Waals surface area contributed by atoms with Crippen molar-refractivity contribution in [1.29, 1.82) is 0 Å². The molecule has 0 aromatic heterocycles. The largest absolute Gasteiger partial charge is 0.355 e. The maximum atomic E-state index is 11.7. The van der Waals surface area contributed by atoms with Gasteiger partial charge in [-0.25, -0.2) is 0 Å². The van der Waals surface area contributed by atoms with E-state index in [1.54, 1.807) is 0 Å². The summed E-state index contributed by atoms with van der Waals surface area (Å²) in [5.74, 6) is -0.219. The number of amides is 2. The standard InChI is InChI=1S/C13H18N2O2S/c1-10(16)14-7-8-15-13(17)12(18)9-11-5-3-2-4-6-11/h2-6,12,18H,7-9H2,1H3,(H,14,16)(H,15,17). The summed E-state index contributed by atoms with van der Waals surface area (Å²) in [4.78, 5) is 22.3. The fourth-order valence-corrected chi connectivity index (χ4v) is 1.77. The summed E-state index contributed by atoms with van der Waals surface area (Å²) in [5, 5.41) is 4.97. The summed E-state index contributed by atoms with van der Waals surface area (Å²) in [5.41, 5.74) is 1.08. The molecule has 0 saturated carbocycles.